The Morgan fingerprint density at radius 2 is 1.78 bits per heavy atom. The number of ether oxygens (including phenoxy) is 1. The summed E-state index contributed by atoms with van der Waals surface area (Å²) in [6.45, 7) is 9.57. The number of amides is 1. The van der Waals surface area contributed by atoms with Gasteiger partial charge < -0.3 is 9.84 Å². The zero-order chi connectivity index (χ0) is 30.1. The maximum Gasteiger partial charge on any atom is 0.420 e. The Balaban J connectivity index is 1.64. The number of pyridine rings is 2. The monoisotopic (exact) mass is 570 g/mol. The van der Waals surface area contributed by atoms with E-state index in [2.05, 4.69) is 15.0 Å². The fourth-order valence-electron chi connectivity index (χ4n) is 4.95. The van der Waals surface area contributed by atoms with Gasteiger partial charge in [0.25, 0.3) is 0 Å². The predicted molar refractivity (Wildman–Crippen MR) is 142 cm³/mol. The molecule has 1 fully saturated rings. The van der Waals surface area contributed by atoms with Crippen molar-refractivity contribution in [3.8, 4) is 5.82 Å². The van der Waals surface area contributed by atoms with Crippen LogP contribution in [0.15, 0.2) is 48.9 Å². The largest absolute Gasteiger partial charge is 0.443 e. The van der Waals surface area contributed by atoms with Gasteiger partial charge in [-0.3, -0.25) is 14.3 Å². The molecular weight excluding hydrogens is 541 g/mol. The van der Waals surface area contributed by atoms with Gasteiger partial charge in [0.05, 0.1) is 11.5 Å². The third kappa shape index (κ3) is 4.94. The molecule has 5 rings (SSSR count). The number of aryl methyl sites for hydroxylation is 1. The smallest absolute Gasteiger partial charge is 0.420 e. The van der Waals surface area contributed by atoms with Crippen molar-refractivity contribution in [2.75, 3.05) is 4.90 Å². The number of aromatic nitrogens is 5. The fourth-order valence-corrected chi connectivity index (χ4v) is 4.95. The second-order valence-corrected chi connectivity index (χ2v) is 11.3. The van der Waals surface area contributed by atoms with Crippen LogP contribution in [0.5, 0.6) is 0 Å². The quantitative estimate of drug-likeness (QED) is 0.360. The Morgan fingerprint density at radius 1 is 1.07 bits per heavy atom. The zero-order valence-electron chi connectivity index (χ0n) is 23.3. The summed E-state index contributed by atoms with van der Waals surface area (Å²) in [4.78, 5) is 40.6. The number of aliphatic hydroxyl groups is 1. The maximum atomic E-state index is 13.7. The number of hydrogen-bond donors (Lipinski definition) is 1. The lowest BCUT2D eigenvalue weighted by Crippen LogP contribution is -2.39. The first-order valence-electron chi connectivity index (χ1n) is 12.9. The van der Waals surface area contributed by atoms with Crippen molar-refractivity contribution in [2.45, 2.75) is 65.0 Å². The number of imidazole rings is 1. The van der Waals surface area contributed by atoms with Gasteiger partial charge in [-0.05, 0) is 65.0 Å². The van der Waals surface area contributed by atoms with E-state index < -0.39 is 46.9 Å². The van der Waals surface area contributed by atoms with Gasteiger partial charge in [0.1, 0.15) is 34.7 Å². The summed E-state index contributed by atoms with van der Waals surface area (Å²) in [6, 6.07) is 5.57. The molecule has 10 nitrogen and oxygen atoms in total. The molecule has 1 saturated heterocycles. The second kappa shape index (κ2) is 9.40. The number of anilines is 1. The van der Waals surface area contributed by atoms with Crippen molar-refractivity contribution < 1.29 is 32.6 Å². The maximum absolute atomic E-state index is 13.7. The van der Waals surface area contributed by atoms with Crippen LogP contribution in [0.4, 0.5) is 23.8 Å². The van der Waals surface area contributed by atoms with Crippen molar-refractivity contribution in [3.63, 3.8) is 0 Å². The highest BCUT2D eigenvalue weighted by Crippen LogP contribution is 2.47. The van der Waals surface area contributed by atoms with Crippen LogP contribution in [0.1, 0.15) is 57.7 Å². The lowest BCUT2D eigenvalue weighted by Gasteiger charge is -2.31. The van der Waals surface area contributed by atoms with Crippen LogP contribution in [0.2, 0.25) is 0 Å². The van der Waals surface area contributed by atoms with Crippen LogP contribution in [0, 0.1) is 12.8 Å². The van der Waals surface area contributed by atoms with Crippen molar-refractivity contribution in [2.24, 2.45) is 5.92 Å². The molecule has 0 spiro atoms. The molecule has 13 heteroatoms. The van der Waals surface area contributed by atoms with Crippen LogP contribution in [0.25, 0.3) is 16.9 Å². The summed E-state index contributed by atoms with van der Waals surface area (Å²) in [5, 5.41) is 12.2. The molecule has 1 unspecified atom stereocenters. The molecule has 1 aliphatic rings. The number of halogens is 3. The molecule has 0 saturated carbocycles. The summed E-state index contributed by atoms with van der Waals surface area (Å²) < 4.78 is 49.2. The highest BCUT2D eigenvalue weighted by molar-refractivity contribution is 5.99. The molecule has 1 aliphatic heterocycles. The Kier molecular flexibility index (Phi) is 6.48. The number of rotatable bonds is 3. The minimum Gasteiger partial charge on any atom is -0.443 e. The third-order valence-electron chi connectivity index (χ3n) is 7.08. The Bertz CT molecular complexity index is 1670. The highest BCUT2D eigenvalue weighted by Gasteiger charge is 2.57. The first-order valence-corrected chi connectivity index (χ1v) is 12.9. The van der Waals surface area contributed by atoms with Crippen molar-refractivity contribution in [1.29, 1.82) is 0 Å². The van der Waals surface area contributed by atoms with E-state index in [4.69, 9.17) is 4.74 Å². The van der Waals surface area contributed by atoms with Gasteiger partial charge in [-0.25, -0.2) is 24.3 Å². The topological polar surface area (TPSA) is 115 Å². The minimum atomic E-state index is -4.67. The Hall–Kier alpha value is -4.26. The van der Waals surface area contributed by atoms with Gasteiger partial charge in [0.2, 0.25) is 5.91 Å². The summed E-state index contributed by atoms with van der Waals surface area (Å²) >= 11 is 0. The first-order chi connectivity index (χ1) is 19.0. The van der Waals surface area contributed by atoms with Gasteiger partial charge >= 0.3 is 12.3 Å². The molecule has 216 valence electrons. The van der Waals surface area contributed by atoms with E-state index >= 15 is 0 Å². The van der Waals surface area contributed by atoms with Crippen molar-refractivity contribution in [1.82, 2.24) is 24.1 Å². The van der Waals surface area contributed by atoms with Crippen LogP contribution >= 0.6 is 0 Å². The van der Waals surface area contributed by atoms with E-state index in [1.165, 1.54) is 42.3 Å². The van der Waals surface area contributed by atoms with E-state index in [1.807, 2.05) is 0 Å². The average Bonchev–Trinajstić information content (AvgIpc) is 3.54. The molecule has 41 heavy (non-hydrogen) atoms. The average molecular weight is 571 g/mol. The number of nitrogens with zero attached hydrogens (tertiary/aromatic N) is 6. The van der Waals surface area contributed by atoms with Gasteiger partial charge in [-0.1, -0.05) is 6.92 Å². The van der Waals surface area contributed by atoms with Crippen molar-refractivity contribution >= 4 is 28.9 Å². The Morgan fingerprint density at radius 3 is 2.44 bits per heavy atom. The number of carbonyl (C=O) groups excluding carboxylic acids is 2. The van der Waals surface area contributed by atoms with Crippen LogP contribution < -0.4 is 4.90 Å². The van der Waals surface area contributed by atoms with Gasteiger partial charge in [0, 0.05) is 29.7 Å². The standard InChI is InChI=1S/C28H29F3N6O4/c1-15-13-18(28(29,30)31)14-20(33-15)37-21(27(6,40)16(2)24(37)38)23-32-10-12-35(23)19-8-7-17-9-11-36(22(17)34-19)25(39)41-26(3,4)5/h7-14,16,21,40H,1-6H3/t16?,21-,27-/m1/s1. The SMILES string of the molecule is Cc1cc(C(F)(F)F)cc(N2C(=O)C(C)[C@@](C)(O)[C@H]2c2nccn2-c2ccc3ccn(C(=O)OC(C)(C)C)c3n2)n1. The Labute approximate surface area is 233 Å². The molecule has 4 aromatic rings. The summed E-state index contributed by atoms with van der Waals surface area (Å²) in [5.41, 5.74) is -3.10. The van der Waals surface area contributed by atoms with Gasteiger partial charge in [0.15, 0.2) is 5.65 Å². The lowest BCUT2D eigenvalue weighted by atomic mass is 9.87. The number of alkyl halides is 3. The fraction of sp³-hybridized carbons (Fsp3) is 0.393. The summed E-state index contributed by atoms with van der Waals surface area (Å²) in [6.07, 6.45) is -0.776. The van der Waals surface area contributed by atoms with Crippen LogP contribution in [-0.4, -0.2) is 52.4 Å². The predicted octanol–water partition coefficient (Wildman–Crippen LogP) is 5.20. The van der Waals surface area contributed by atoms with E-state index in [0.29, 0.717) is 16.9 Å². The molecule has 3 atom stereocenters. The summed E-state index contributed by atoms with van der Waals surface area (Å²) in [7, 11) is 0. The molecule has 0 aromatic carbocycles. The van der Waals surface area contributed by atoms with Crippen LogP contribution in [-0.2, 0) is 15.7 Å². The molecule has 0 bridgehead atoms. The normalized spacial score (nSPS) is 21.6. The minimum absolute atomic E-state index is 0.0546. The van der Waals surface area contributed by atoms with Crippen LogP contribution in [0.3, 0.4) is 0 Å². The highest BCUT2D eigenvalue weighted by atomic mass is 19.4. The van der Waals surface area contributed by atoms with E-state index in [1.54, 1.807) is 45.2 Å². The van der Waals surface area contributed by atoms with E-state index in [-0.39, 0.29) is 17.3 Å². The molecular formula is C28H29F3N6O4. The molecule has 4 aromatic heterocycles. The van der Waals surface area contributed by atoms with Gasteiger partial charge in [-0.2, -0.15) is 13.2 Å². The lowest BCUT2D eigenvalue weighted by molar-refractivity contribution is -0.137. The number of fused-ring (bicyclic) bond motifs is 1. The molecule has 0 aliphatic carbocycles. The third-order valence-corrected chi connectivity index (χ3v) is 7.08. The first kappa shape index (κ1) is 28.3. The van der Waals surface area contributed by atoms with Gasteiger partial charge in [-0.15, -0.1) is 0 Å². The molecule has 1 amide bonds. The molecule has 0 radical (unpaired) electrons. The number of carbonyl (C=O) groups is 2. The van der Waals surface area contributed by atoms with Crippen molar-refractivity contribution in [3.05, 3.63) is 66.0 Å². The molecule has 1 N–H and O–H groups in total. The van der Waals surface area contributed by atoms with E-state index in [0.717, 1.165) is 17.0 Å². The number of hydrogen-bond acceptors (Lipinski definition) is 7. The zero-order valence-corrected chi connectivity index (χ0v) is 23.3. The van der Waals surface area contributed by atoms with E-state index in [9.17, 15) is 27.9 Å². The molecule has 5 heterocycles. The summed E-state index contributed by atoms with van der Waals surface area (Å²) in [5.74, 6) is -1.41. The second-order valence-electron chi connectivity index (χ2n) is 11.3.